The Bertz CT molecular complexity index is 627. The van der Waals surface area contributed by atoms with Crippen LogP contribution in [0.25, 0.3) is 0 Å². The predicted octanol–water partition coefficient (Wildman–Crippen LogP) is 1.91. The molecule has 24 heavy (non-hydrogen) atoms. The zero-order chi connectivity index (χ0) is 16.6. The van der Waals surface area contributed by atoms with Gasteiger partial charge in [-0.1, -0.05) is 11.6 Å². The van der Waals surface area contributed by atoms with Gasteiger partial charge < -0.3 is 15.4 Å². The first-order valence-corrected chi connectivity index (χ1v) is 9.14. The second-order valence-corrected chi connectivity index (χ2v) is 7.75. The Balaban J connectivity index is 1.28. The van der Waals surface area contributed by atoms with Gasteiger partial charge in [0.25, 0.3) is 0 Å². The van der Waals surface area contributed by atoms with Crippen LogP contribution in [0, 0.1) is 5.41 Å². The van der Waals surface area contributed by atoms with E-state index in [0.29, 0.717) is 6.42 Å². The van der Waals surface area contributed by atoms with E-state index in [0.717, 1.165) is 55.7 Å². The number of carbonyl (C=O) groups is 1. The molecule has 2 aliphatic heterocycles. The Labute approximate surface area is 147 Å². The molecule has 1 aromatic rings. The average Bonchev–Trinajstić information content (AvgIpc) is 3.21. The minimum Gasteiger partial charge on any atom is -0.379 e. The molecular formula is C18H24ClN3O2. The standard InChI is InChI=1S/C18H24ClN3O2/c19-14-1-2-15-13(9-14)10-16(21-15)17(23)20-11-18(3-4-18)12-22-5-7-24-8-6-22/h1-2,9,16,21H,3-8,10-12H2,(H,20,23)/t16-/m0/s1. The van der Waals surface area contributed by atoms with Crippen molar-refractivity contribution >= 4 is 23.2 Å². The lowest BCUT2D eigenvalue weighted by Gasteiger charge is -2.30. The number of hydrogen-bond donors (Lipinski definition) is 2. The molecule has 1 amide bonds. The highest BCUT2D eigenvalue weighted by Crippen LogP contribution is 2.45. The van der Waals surface area contributed by atoms with Gasteiger partial charge in [0.15, 0.2) is 0 Å². The van der Waals surface area contributed by atoms with Crippen molar-refractivity contribution in [2.75, 3.05) is 44.7 Å². The fraction of sp³-hybridized carbons (Fsp3) is 0.611. The first-order valence-electron chi connectivity index (χ1n) is 8.76. The van der Waals surface area contributed by atoms with Gasteiger partial charge in [0, 0.05) is 48.7 Å². The van der Waals surface area contributed by atoms with Gasteiger partial charge in [-0.25, -0.2) is 0 Å². The summed E-state index contributed by atoms with van der Waals surface area (Å²) < 4.78 is 5.41. The normalized spacial score (nSPS) is 25.0. The highest BCUT2D eigenvalue weighted by Gasteiger charge is 2.44. The van der Waals surface area contributed by atoms with E-state index < -0.39 is 0 Å². The Morgan fingerprint density at radius 3 is 2.92 bits per heavy atom. The third-order valence-corrected chi connectivity index (χ3v) is 5.63. The molecule has 1 saturated heterocycles. The van der Waals surface area contributed by atoms with E-state index in [1.54, 1.807) is 0 Å². The molecule has 2 N–H and O–H groups in total. The summed E-state index contributed by atoms with van der Waals surface area (Å²) in [6, 6.07) is 5.57. The molecule has 0 unspecified atom stereocenters. The molecule has 1 aliphatic carbocycles. The summed E-state index contributed by atoms with van der Waals surface area (Å²) in [4.78, 5) is 15.0. The van der Waals surface area contributed by atoms with Crippen LogP contribution in [0.2, 0.25) is 5.02 Å². The molecule has 5 nitrogen and oxygen atoms in total. The second kappa shape index (κ2) is 6.54. The zero-order valence-electron chi connectivity index (χ0n) is 13.8. The quantitative estimate of drug-likeness (QED) is 0.852. The van der Waals surface area contributed by atoms with Gasteiger partial charge in [0.05, 0.1) is 13.2 Å². The Kier molecular flexibility index (Phi) is 4.41. The van der Waals surface area contributed by atoms with Gasteiger partial charge in [0.1, 0.15) is 6.04 Å². The summed E-state index contributed by atoms with van der Waals surface area (Å²) in [6.45, 7) is 5.53. The monoisotopic (exact) mass is 349 g/mol. The number of anilines is 1. The van der Waals surface area contributed by atoms with Crippen molar-refractivity contribution in [2.45, 2.75) is 25.3 Å². The van der Waals surface area contributed by atoms with Crippen molar-refractivity contribution in [1.29, 1.82) is 0 Å². The van der Waals surface area contributed by atoms with E-state index in [1.807, 2.05) is 18.2 Å². The van der Waals surface area contributed by atoms with Crippen LogP contribution in [0.1, 0.15) is 18.4 Å². The highest BCUT2D eigenvalue weighted by atomic mass is 35.5. The van der Waals surface area contributed by atoms with Gasteiger partial charge in [-0.3, -0.25) is 9.69 Å². The van der Waals surface area contributed by atoms with E-state index >= 15 is 0 Å². The van der Waals surface area contributed by atoms with Gasteiger partial charge >= 0.3 is 0 Å². The molecule has 1 atom stereocenters. The molecule has 1 aromatic carbocycles. The van der Waals surface area contributed by atoms with Crippen molar-refractivity contribution < 1.29 is 9.53 Å². The lowest BCUT2D eigenvalue weighted by atomic mass is 10.1. The third-order valence-electron chi connectivity index (χ3n) is 5.39. The summed E-state index contributed by atoms with van der Waals surface area (Å²) in [7, 11) is 0. The highest BCUT2D eigenvalue weighted by molar-refractivity contribution is 6.30. The number of ether oxygens (including phenoxy) is 1. The number of rotatable bonds is 5. The van der Waals surface area contributed by atoms with E-state index in [-0.39, 0.29) is 17.4 Å². The maximum atomic E-state index is 12.5. The van der Waals surface area contributed by atoms with Gasteiger partial charge in [-0.05, 0) is 36.6 Å². The number of carbonyl (C=O) groups excluding carboxylic acids is 1. The summed E-state index contributed by atoms with van der Waals surface area (Å²) >= 11 is 6.03. The third kappa shape index (κ3) is 3.53. The van der Waals surface area contributed by atoms with Gasteiger partial charge in [0.2, 0.25) is 5.91 Å². The topological polar surface area (TPSA) is 53.6 Å². The van der Waals surface area contributed by atoms with E-state index in [2.05, 4.69) is 15.5 Å². The number of morpholine rings is 1. The van der Waals surface area contributed by atoms with Crippen LogP contribution < -0.4 is 10.6 Å². The predicted molar refractivity (Wildman–Crippen MR) is 94.5 cm³/mol. The van der Waals surface area contributed by atoms with Crippen LogP contribution in [0.3, 0.4) is 0 Å². The Hall–Kier alpha value is -1.30. The summed E-state index contributed by atoms with van der Waals surface area (Å²) in [5, 5.41) is 7.20. The van der Waals surface area contributed by atoms with Crippen LogP contribution in [-0.2, 0) is 16.0 Å². The number of fused-ring (bicyclic) bond motifs is 1. The fourth-order valence-electron chi connectivity index (χ4n) is 3.69. The largest absolute Gasteiger partial charge is 0.379 e. The van der Waals surface area contributed by atoms with Crippen LogP contribution >= 0.6 is 11.6 Å². The summed E-state index contributed by atoms with van der Waals surface area (Å²) in [5.41, 5.74) is 2.42. The molecule has 4 rings (SSSR count). The summed E-state index contributed by atoms with van der Waals surface area (Å²) in [6.07, 6.45) is 3.12. The van der Waals surface area contributed by atoms with Crippen molar-refractivity contribution in [2.24, 2.45) is 5.41 Å². The van der Waals surface area contributed by atoms with Crippen LogP contribution in [0.15, 0.2) is 18.2 Å². The zero-order valence-corrected chi connectivity index (χ0v) is 14.6. The minimum atomic E-state index is -0.183. The number of amides is 1. The molecule has 0 aromatic heterocycles. The molecule has 3 aliphatic rings. The smallest absolute Gasteiger partial charge is 0.242 e. The fourth-order valence-corrected chi connectivity index (χ4v) is 3.88. The second-order valence-electron chi connectivity index (χ2n) is 7.31. The maximum Gasteiger partial charge on any atom is 0.242 e. The van der Waals surface area contributed by atoms with Gasteiger partial charge in [-0.15, -0.1) is 0 Å². The molecule has 0 spiro atoms. The van der Waals surface area contributed by atoms with E-state index in [9.17, 15) is 4.79 Å². The van der Waals surface area contributed by atoms with Crippen molar-refractivity contribution in [3.8, 4) is 0 Å². The number of nitrogens with one attached hydrogen (secondary N) is 2. The summed E-state index contributed by atoms with van der Waals surface area (Å²) in [5.74, 6) is 0.0931. The maximum absolute atomic E-state index is 12.5. The number of benzene rings is 1. The molecule has 130 valence electrons. The minimum absolute atomic E-state index is 0.0931. The molecular weight excluding hydrogens is 326 g/mol. The lowest BCUT2D eigenvalue weighted by molar-refractivity contribution is -0.122. The number of hydrogen-bond acceptors (Lipinski definition) is 4. The van der Waals surface area contributed by atoms with Crippen molar-refractivity contribution in [3.63, 3.8) is 0 Å². The molecule has 2 fully saturated rings. The molecule has 2 heterocycles. The Morgan fingerprint density at radius 2 is 2.17 bits per heavy atom. The molecule has 0 radical (unpaired) electrons. The van der Waals surface area contributed by atoms with Crippen LogP contribution in [0.4, 0.5) is 5.69 Å². The molecule has 0 bridgehead atoms. The SMILES string of the molecule is O=C(NCC1(CN2CCOCC2)CC1)[C@@H]1Cc2cc(Cl)ccc2N1. The lowest BCUT2D eigenvalue weighted by Crippen LogP contribution is -2.45. The van der Waals surface area contributed by atoms with E-state index in [4.69, 9.17) is 16.3 Å². The number of halogens is 1. The molecule has 1 saturated carbocycles. The average molecular weight is 350 g/mol. The molecule has 6 heteroatoms. The van der Waals surface area contributed by atoms with Crippen molar-refractivity contribution in [1.82, 2.24) is 10.2 Å². The first-order chi connectivity index (χ1) is 11.6. The number of nitrogens with zero attached hydrogens (tertiary/aromatic N) is 1. The first kappa shape index (κ1) is 16.2. The van der Waals surface area contributed by atoms with E-state index in [1.165, 1.54) is 12.8 Å². The van der Waals surface area contributed by atoms with Crippen molar-refractivity contribution in [3.05, 3.63) is 28.8 Å². The van der Waals surface area contributed by atoms with Gasteiger partial charge in [-0.2, -0.15) is 0 Å². The Morgan fingerprint density at radius 1 is 1.38 bits per heavy atom. The van der Waals surface area contributed by atoms with Crippen LogP contribution in [-0.4, -0.2) is 56.2 Å². The van der Waals surface area contributed by atoms with Crippen LogP contribution in [0.5, 0.6) is 0 Å².